The van der Waals surface area contributed by atoms with Crippen LogP contribution in [0.3, 0.4) is 0 Å². The van der Waals surface area contributed by atoms with Crippen molar-refractivity contribution in [1.29, 1.82) is 0 Å². The minimum atomic E-state index is 0.950. The first-order chi connectivity index (χ1) is 11.4. The van der Waals surface area contributed by atoms with Crippen LogP contribution in [0.5, 0.6) is 0 Å². The standard InChI is InChI=1S/C20H13N3/c1-2-7-14(8-3-1)17-13-23-18-11-5-4-9-15(18)19-16(20(23)22-17)10-6-12-21-19/h1-13H. The third-order valence-electron chi connectivity index (χ3n) is 4.24. The van der Waals surface area contributed by atoms with Crippen LogP contribution in [0.1, 0.15) is 0 Å². The van der Waals surface area contributed by atoms with E-state index in [2.05, 4.69) is 58.0 Å². The zero-order valence-corrected chi connectivity index (χ0v) is 12.3. The lowest BCUT2D eigenvalue weighted by molar-refractivity contribution is 1.26. The van der Waals surface area contributed by atoms with E-state index in [1.807, 2.05) is 30.5 Å². The molecule has 0 bridgehead atoms. The Morgan fingerprint density at radius 3 is 2.43 bits per heavy atom. The summed E-state index contributed by atoms with van der Waals surface area (Å²) in [5.41, 5.74) is 5.18. The number of nitrogens with zero attached hydrogens (tertiary/aromatic N) is 3. The average Bonchev–Trinajstić information content (AvgIpc) is 3.09. The van der Waals surface area contributed by atoms with E-state index in [0.29, 0.717) is 0 Å². The highest BCUT2D eigenvalue weighted by Crippen LogP contribution is 2.29. The van der Waals surface area contributed by atoms with Gasteiger partial charge in [0, 0.05) is 28.7 Å². The van der Waals surface area contributed by atoms with E-state index >= 15 is 0 Å². The van der Waals surface area contributed by atoms with Crippen LogP contribution in [0.25, 0.3) is 38.7 Å². The molecule has 0 spiro atoms. The summed E-state index contributed by atoms with van der Waals surface area (Å²) in [6, 6.07) is 22.7. The maximum atomic E-state index is 4.88. The molecular weight excluding hydrogens is 282 g/mol. The maximum absolute atomic E-state index is 4.88. The molecule has 108 valence electrons. The molecule has 3 aromatic heterocycles. The second-order valence-electron chi connectivity index (χ2n) is 5.60. The third kappa shape index (κ3) is 1.77. The van der Waals surface area contributed by atoms with Crippen molar-refractivity contribution in [1.82, 2.24) is 14.4 Å². The topological polar surface area (TPSA) is 30.2 Å². The minimum Gasteiger partial charge on any atom is -0.298 e. The fourth-order valence-electron chi connectivity index (χ4n) is 3.19. The molecule has 0 aliphatic carbocycles. The monoisotopic (exact) mass is 295 g/mol. The second-order valence-corrected chi connectivity index (χ2v) is 5.60. The lowest BCUT2D eigenvalue weighted by Gasteiger charge is -2.06. The molecule has 3 heterocycles. The molecule has 0 saturated carbocycles. The van der Waals surface area contributed by atoms with Crippen LogP contribution in [-0.2, 0) is 0 Å². The van der Waals surface area contributed by atoms with Crippen LogP contribution < -0.4 is 0 Å². The van der Waals surface area contributed by atoms with E-state index < -0.39 is 0 Å². The van der Waals surface area contributed by atoms with E-state index in [0.717, 1.165) is 38.7 Å². The van der Waals surface area contributed by atoms with Crippen LogP contribution in [0.2, 0.25) is 0 Å². The Kier molecular flexibility index (Phi) is 2.50. The van der Waals surface area contributed by atoms with Crippen LogP contribution in [0.15, 0.2) is 79.1 Å². The number of fused-ring (bicyclic) bond motifs is 6. The number of hydrogen-bond donors (Lipinski definition) is 0. The molecule has 0 N–H and O–H groups in total. The SMILES string of the molecule is c1ccc(-c2cn3c4ccccc4c4ncccc4c3n2)cc1. The quantitative estimate of drug-likeness (QED) is 0.419. The van der Waals surface area contributed by atoms with Crippen molar-refractivity contribution < 1.29 is 0 Å². The van der Waals surface area contributed by atoms with Gasteiger partial charge in [0.25, 0.3) is 0 Å². The van der Waals surface area contributed by atoms with Crippen molar-refractivity contribution in [2.45, 2.75) is 0 Å². The van der Waals surface area contributed by atoms with Crippen molar-refractivity contribution in [3.63, 3.8) is 0 Å². The van der Waals surface area contributed by atoms with Crippen molar-refractivity contribution in [3.8, 4) is 11.3 Å². The Bertz CT molecular complexity index is 1080. The zero-order chi connectivity index (χ0) is 15.2. The Hall–Kier alpha value is -3.20. The first kappa shape index (κ1) is 12.4. The van der Waals surface area contributed by atoms with Crippen LogP contribution >= 0.6 is 0 Å². The highest BCUT2D eigenvalue weighted by molar-refractivity contribution is 6.09. The molecule has 0 aliphatic heterocycles. The van der Waals surface area contributed by atoms with Crippen molar-refractivity contribution >= 4 is 27.5 Å². The summed E-state index contributed by atoms with van der Waals surface area (Å²) in [6.07, 6.45) is 3.95. The van der Waals surface area contributed by atoms with E-state index in [1.54, 1.807) is 0 Å². The highest BCUT2D eigenvalue weighted by atomic mass is 15.0. The van der Waals surface area contributed by atoms with Gasteiger partial charge in [-0.15, -0.1) is 0 Å². The van der Waals surface area contributed by atoms with Crippen LogP contribution in [0, 0.1) is 0 Å². The maximum Gasteiger partial charge on any atom is 0.147 e. The molecule has 2 aromatic carbocycles. The smallest absolute Gasteiger partial charge is 0.147 e. The molecule has 0 unspecified atom stereocenters. The summed E-state index contributed by atoms with van der Waals surface area (Å²) >= 11 is 0. The van der Waals surface area contributed by atoms with Gasteiger partial charge in [0.05, 0.1) is 16.7 Å². The van der Waals surface area contributed by atoms with E-state index in [4.69, 9.17) is 4.98 Å². The van der Waals surface area contributed by atoms with Crippen molar-refractivity contribution in [2.24, 2.45) is 0 Å². The minimum absolute atomic E-state index is 0.950. The molecule has 0 amide bonds. The fourth-order valence-corrected chi connectivity index (χ4v) is 3.19. The molecule has 0 atom stereocenters. The number of aromatic nitrogens is 3. The second kappa shape index (κ2) is 4.65. The summed E-state index contributed by atoms with van der Waals surface area (Å²) in [7, 11) is 0. The van der Waals surface area contributed by atoms with Gasteiger partial charge in [-0.2, -0.15) is 0 Å². The van der Waals surface area contributed by atoms with Gasteiger partial charge in [-0.05, 0) is 18.2 Å². The van der Waals surface area contributed by atoms with E-state index in [-0.39, 0.29) is 0 Å². The largest absolute Gasteiger partial charge is 0.298 e. The van der Waals surface area contributed by atoms with Gasteiger partial charge in [-0.3, -0.25) is 9.38 Å². The first-order valence-electron chi connectivity index (χ1n) is 7.62. The molecule has 0 fully saturated rings. The Balaban J connectivity index is 1.99. The summed E-state index contributed by atoms with van der Waals surface area (Å²) in [4.78, 5) is 9.47. The molecule has 3 heteroatoms. The van der Waals surface area contributed by atoms with Gasteiger partial charge in [0.15, 0.2) is 0 Å². The predicted octanol–water partition coefficient (Wildman–Crippen LogP) is 4.70. The number of pyridine rings is 2. The molecular formula is C20H13N3. The van der Waals surface area contributed by atoms with Crippen molar-refractivity contribution in [3.05, 3.63) is 79.1 Å². The number of rotatable bonds is 1. The molecule has 5 rings (SSSR count). The fraction of sp³-hybridized carbons (Fsp3) is 0. The lowest BCUT2D eigenvalue weighted by Crippen LogP contribution is -1.91. The van der Waals surface area contributed by atoms with E-state index in [1.165, 1.54) is 0 Å². The molecule has 23 heavy (non-hydrogen) atoms. The summed E-state index contributed by atoms with van der Waals surface area (Å²) in [5, 5.41) is 2.22. The number of para-hydroxylation sites is 1. The lowest BCUT2D eigenvalue weighted by atomic mass is 10.1. The van der Waals surface area contributed by atoms with E-state index in [9.17, 15) is 0 Å². The summed E-state index contributed by atoms with van der Waals surface area (Å²) in [6.45, 7) is 0. The third-order valence-corrected chi connectivity index (χ3v) is 4.24. The number of hydrogen-bond acceptors (Lipinski definition) is 2. The van der Waals surface area contributed by atoms with Gasteiger partial charge in [-0.1, -0.05) is 48.5 Å². The van der Waals surface area contributed by atoms with Crippen LogP contribution in [0.4, 0.5) is 0 Å². The Morgan fingerprint density at radius 2 is 1.52 bits per heavy atom. The summed E-state index contributed by atoms with van der Waals surface area (Å²) in [5.74, 6) is 0. The zero-order valence-electron chi connectivity index (χ0n) is 12.3. The van der Waals surface area contributed by atoms with Gasteiger partial charge in [-0.25, -0.2) is 4.98 Å². The molecule has 5 aromatic rings. The van der Waals surface area contributed by atoms with Crippen molar-refractivity contribution in [2.75, 3.05) is 0 Å². The molecule has 0 saturated heterocycles. The average molecular weight is 295 g/mol. The predicted molar refractivity (Wildman–Crippen MR) is 93.4 cm³/mol. The summed E-state index contributed by atoms with van der Waals surface area (Å²) < 4.78 is 2.17. The molecule has 0 aliphatic rings. The molecule has 0 radical (unpaired) electrons. The Labute approximate surface area is 132 Å². The van der Waals surface area contributed by atoms with Gasteiger partial charge in [0.2, 0.25) is 0 Å². The normalized spacial score (nSPS) is 11.5. The van der Waals surface area contributed by atoms with Gasteiger partial charge < -0.3 is 0 Å². The van der Waals surface area contributed by atoms with Gasteiger partial charge in [0.1, 0.15) is 5.65 Å². The Morgan fingerprint density at radius 1 is 0.739 bits per heavy atom. The first-order valence-corrected chi connectivity index (χ1v) is 7.62. The number of benzene rings is 2. The van der Waals surface area contributed by atoms with Crippen LogP contribution in [-0.4, -0.2) is 14.4 Å². The number of imidazole rings is 1. The highest BCUT2D eigenvalue weighted by Gasteiger charge is 2.12. The van der Waals surface area contributed by atoms with Gasteiger partial charge >= 0.3 is 0 Å². The molecule has 3 nitrogen and oxygen atoms in total.